The number of nitrogens with one attached hydrogen (secondary N) is 3. The van der Waals surface area contributed by atoms with Crippen LogP contribution in [0.25, 0.3) is 0 Å². The second kappa shape index (κ2) is 8.62. The van der Waals surface area contributed by atoms with E-state index in [0.29, 0.717) is 11.1 Å². The summed E-state index contributed by atoms with van der Waals surface area (Å²) in [5.41, 5.74) is 1.45. The van der Waals surface area contributed by atoms with E-state index in [1.807, 2.05) is 0 Å². The fourth-order valence-corrected chi connectivity index (χ4v) is 4.90. The lowest BCUT2D eigenvalue weighted by Crippen LogP contribution is -2.27. The van der Waals surface area contributed by atoms with Crippen molar-refractivity contribution in [2.24, 2.45) is 0 Å². The molecule has 29 heavy (non-hydrogen) atoms. The summed E-state index contributed by atoms with van der Waals surface area (Å²) in [5, 5.41) is 2.72. The van der Waals surface area contributed by atoms with Crippen molar-refractivity contribution in [1.29, 1.82) is 0 Å². The lowest BCUT2D eigenvalue weighted by atomic mass is 10.1. The van der Waals surface area contributed by atoms with Gasteiger partial charge in [-0.15, -0.1) is 0 Å². The Hall–Kier alpha value is -2.27. The Kier molecular flexibility index (Phi) is 6.37. The fourth-order valence-electron chi connectivity index (χ4n) is 2.72. The third-order valence-corrected chi connectivity index (χ3v) is 7.35. The van der Waals surface area contributed by atoms with Gasteiger partial charge in [0.25, 0.3) is 5.91 Å². The summed E-state index contributed by atoms with van der Waals surface area (Å²) >= 11 is 0. The molecule has 0 unspecified atom stereocenters. The van der Waals surface area contributed by atoms with Crippen molar-refractivity contribution in [3.63, 3.8) is 0 Å². The van der Waals surface area contributed by atoms with Crippen LogP contribution in [0.5, 0.6) is 0 Å². The molecule has 0 radical (unpaired) electrons. The number of rotatable bonds is 9. The van der Waals surface area contributed by atoms with Gasteiger partial charge in [-0.2, -0.15) is 0 Å². The highest BCUT2D eigenvalue weighted by Gasteiger charge is 2.28. The summed E-state index contributed by atoms with van der Waals surface area (Å²) in [6.45, 7) is 0.117. The molecule has 0 spiro atoms. The van der Waals surface area contributed by atoms with E-state index >= 15 is 0 Å². The first-order chi connectivity index (χ1) is 13.7. The van der Waals surface area contributed by atoms with E-state index in [-0.39, 0.29) is 28.8 Å². The van der Waals surface area contributed by atoms with E-state index in [9.17, 15) is 21.6 Å². The molecule has 0 aromatic heterocycles. The van der Waals surface area contributed by atoms with Gasteiger partial charge in [-0.25, -0.2) is 26.3 Å². The summed E-state index contributed by atoms with van der Waals surface area (Å²) in [6, 6.07) is 12.7. The fraction of sp³-hybridized carbons (Fsp3) is 0.316. The lowest BCUT2D eigenvalue weighted by molar-refractivity contribution is 0.0950. The number of sulfonamides is 2. The molecule has 3 rings (SSSR count). The highest BCUT2D eigenvalue weighted by Crippen LogP contribution is 2.22. The maximum absolute atomic E-state index is 12.5. The first kappa shape index (κ1) is 21.4. The quantitative estimate of drug-likeness (QED) is 0.543. The molecule has 0 saturated heterocycles. The third kappa shape index (κ3) is 5.86. The van der Waals surface area contributed by atoms with Crippen LogP contribution < -0.4 is 14.8 Å². The van der Waals surface area contributed by atoms with Crippen LogP contribution in [0.2, 0.25) is 0 Å². The Bertz CT molecular complexity index is 1110. The van der Waals surface area contributed by atoms with Crippen LogP contribution in [0.4, 0.5) is 0 Å². The molecule has 1 aliphatic rings. The van der Waals surface area contributed by atoms with Gasteiger partial charge < -0.3 is 5.32 Å². The molecule has 8 nitrogen and oxygen atoms in total. The predicted octanol–water partition coefficient (Wildman–Crippen LogP) is 1.11. The van der Waals surface area contributed by atoms with Crippen molar-refractivity contribution in [2.75, 3.05) is 7.05 Å². The van der Waals surface area contributed by atoms with Gasteiger partial charge in [0.1, 0.15) is 0 Å². The molecule has 3 N–H and O–H groups in total. The van der Waals surface area contributed by atoms with E-state index in [4.69, 9.17) is 0 Å². The van der Waals surface area contributed by atoms with Crippen molar-refractivity contribution in [1.82, 2.24) is 14.8 Å². The van der Waals surface area contributed by atoms with Crippen LogP contribution in [0, 0.1) is 0 Å². The molecule has 0 bridgehead atoms. The summed E-state index contributed by atoms with van der Waals surface area (Å²) in [6.07, 6.45) is 1.64. The third-order valence-electron chi connectivity index (χ3n) is 4.52. The Morgan fingerprint density at radius 2 is 1.69 bits per heavy atom. The van der Waals surface area contributed by atoms with Gasteiger partial charge in [-0.05, 0) is 49.2 Å². The first-order valence-corrected chi connectivity index (χ1v) is 12.2. The monoisotopic (exact) mass is 437 g/mol. The zero-order valence-electron chi connectivity index (χ0n) is 15.9. The first-order valence-electron chi connectivity index (χ1n) is 9.09. The number of carbonyl (C=O) groups excluding carboxylic acids is 1. The van der Waals surface area contributed by atoms with Crippen molar-refractivity contribution in [2.45, 2.75) is 36.1 Å². The molecule has 156 valence electrons. The van der Waals surface area contributed by atoms with Gasteiger partial charge in [0.2, 0.25) is 20.0 Å². The number of carbonyl (C=O) groups is 1. The van der Waals surface area contributed by atoms with Crippen LogP contribution in [0.15, 0.2) is 53.4 Å². The highest BCUT2D eigenvalue weighted by atomic mass is 32.2. The van der Waals surface area contributed by atoms with Crippen molar-refractivity contribution in [3.05, 3.63) is 65.2 Å². The van der Waals surface area contributed by atoms with E-state index in [1.165, 1.54) is 31.3 Å². The van der Waals surface area contributed by atoms with Gasteiger partial charge in [-0.3, -0.25) is 4.79 Å². The zero-order chi connectivity index (χ0) is 21.1. The molecular weight excluding hydrogens is 414 g/mol. The standard InChI is InChI=1S/C19H23N3O5S2/c1-20-28(24,25)13-16-6-3-2-5-15(16)12-21-19(23)14-7-4-8-18(11-14)29(26,27)22-17-9-10-17/h2-8,11,17,20,22H,9-10,12-13H2,1H3,(H,21,23). The highest BCUT2D eigenvalue weighted by molar-refractivity contribution is 7.89. The predicted molar refractivity (Wildman–Crippen MR) is 109 cm³/mol. The van der Waals surface area contributed by atoms with Crippen LogP contribution in [-0.2, 0) is 32.3 Å². The second-order valence-corrected chi connectivity index (χ2v) is 10.5. The minimum Gasteiger partial charge on any atom is -0.348 e. The van der Waals surface area contributed by atoms with Crippen molar-refractivity contribution in [3.8, 4) is 0 Å². The Morgan fingerprint density at radius 3 is 2.34 bits per heavy atom. The molecule has 1 amide bonds. The van der Waals surface area contributed by atoms with Gasteiger partial charge in [0, 0.05) is 18.2 Å². The number of benzene rings is 2. The molecule has 2 aromatic rings. The lowest BCUT2D eigenvalue weighted by Gasteiger charge is -2.12. The topological polar surface area (TPSA) is 121 Å². The normalized spacial score (nSPS) is 14.5. The summed E-state index contributed by atoms with van der Waals surface area (Å²) in [7, 11) is -5.76. The summed E-state index contributed by atoms with van der Waals surface area (Å²) < 4.78 is 53.2. The average Bonchev–Trinajstić information content (AvgIpc) is 3.50. The maximum atomic E-state index is 12.5. The van der Waals surface area contributed by atoms with Gasteiger partial charge >= 0.3 is 0 Å². The molecule has 2 aromatic carbocycles. The molecular formula is C19H23N3O5S2. The number of hydrogen-bond acceptors (Lipinski definition) is 5. The molecule has 0 atom stereocenters. The van der Waals surface area contributed by atoms with Crippen LogP contribution >= 0.6 is 0 Å². The summed E-state index contributed by atoms with van der Waals surface area (Å²) in [4.78, 5) is 12.6. The van der Waals surface area contributed by atoms with Gasteiger partial charge in [0.05, 0.1) is 10.6 Å². The van der Waals surface area contributed by atoms with E-state index < -0.39 is 26.0 Å². The van der Waals surface area contributed by atoms with E-state index in [1.54, 1.807) is 24.3 Å². The van der Waals surface area contributed by atoms with Crippen LogP contribution in [0.3, 0.4) is 0 Å². The maximum Gasteiger partial charge on any atom is 0.251 e. The Morgan fingerprint density at radius 1 is 1.00 bits per heavy atom. The van der Waals surface area contributed by atoms with Crippen LogP contribution in [-0.4, -0.2) is 35.8 Å². The average molecular weight is 438 g/mol. The van der Waals surface area contributed by atoms with Gasteiger partial charge in [-0.1, -0.05) is 30.3 Å². The Balaban J connectivity index is 1.71. The minimum absolute atomic E-state index is 0.0251. The Labute approximate surface area is 170 Å². The molecule has 1 fully saturated rings. The minimum atomic E-state index is -3.65. The SMILES string of the molecule is CNS(=O)(=O)Cc1ccccc1CNC(=O)c1cccc(S(=O)(=O)NC2CC2)c1. The second-order valence-electron chi connectivity index (χ2n) is 6.84. The van der Waals surface area contributed by atoms with Crippen molar-refractivity contribution < 1.29 is 21.6 Å². The van der Waals surface area contributed by atoms with Crippen molar-refractivity contribution >= 4 is 26.0 Å². The smallest absolute Gasteiger partial charge is 0.251 e. The van der Waals surface area contributed by atoms with Gasteiger partial charge in [0.15, 0.2) is 0 Å². The number of hydrogen-bond donors (Lipinski definition) is 3. The molecule has 0 aliphatic heterocycles. The molecule has 1 aliphatic carbocycles. The van der Waals surface area contributed by atoms with E-state index in [0.717, 1.165) is 12.8 Å². The molecule has 0 heterocycles. The van der Waals surface area contributed by atoms with E-state index in [2.05, 4.69) is 14.8 Å². The zero-order valence-corrected chi connectivity index (χ0v) is 17.5. The molecule has 10 heteroatoms. The largest absolute Gasteiger partial charge is 0.348 e. The summed E-state index contributed by atoms with van der Waals surface area (Å²) in [5.74, 6) is -0.643. The van der Waals surface area contributed by atoms with Crippen LogP contribution in [0.1, 0.15) is 34.3 Å². The molecule has 1 saturated carbocycles. The number of amides is 1.